The number of nitrogens with zero attached hydrogens (tertiary/aromatic N) is 1. The second kappa shape index (κ2) is 5.76. The van der Waals surface area contributed by atoms with Gasteiger partial charge < -0.3 is 15.7 Å². The van der Waals surface area contributed by atoms with Gasteiger partial charge >= 0.3 is 5.97 Å². The maximum absolute atomic E-state index is 11.2. The molecule has 1 aromatic rings. The average Bonchev–Trinajstić information content (AvgIpc) is 2.28. The summed E-state index contributed by atoms with van der Waals surface area (Å²) in [6.07, 6.45) is 0.948. The molecule has 0 amide bonds. The molecule has 0 aromatic heterocycles. The summed E-state index contributed by atoms with van der Waals surface area (Å²) in [5.41, 5.74) is 6.76. The third-order valence-electron chi connectivity index (χ3n) is 2.94. The molecule has 0 atom stereocenters. The molecule has 0 fully saturated rings. The predicted octanol–water partition coefficient (Wildman–Crippen LogP) is 2.60. The van der Waals surface area contributed by atoms with Gasteiger partial charge in [-0.1, -0.05) is 19.1 Å². The first-order valence-corrected chi connectivity index (χ1v) is 6.21. The summed E-state index contributed by atoms with van der Waals surface area (Å²) in [4.78, 5) is 13.3. The van der Waals surface area contributed by atoms with Gasteiger partial charge in [-0.2, -0.15) is 0 Å². The van der Waals surface area contributed by atoms with Crippen LogP contribution in [-0.4, -0.2) is 24.2 Å². The Balaban J connectivity index is 2.97. The minimum Gasteiger partial charge on any atom is -0.481 e. The molecule has 0 unspecified atom stereocenters. The standard InChI is InChI=1S/C14H22N2O2/c1-4-9-16(10-14(2,3)13(17)18)12-8-6-5-7-11(12)15/h5-8H,4,9-10,15H2,1-3H3,(H,17,18). The number of hydrogen-bond acceptors (Lipinski definition) is 3. The molecule has 0 radical (unpaired) electrons. The molecule has 0 spiro atoms. The Kier molecular flexibility index (Phi) is 4.59. The predicted molar refractivity (Wildman–Crippen MR) is 74.8 cm³/mol. The van der Waals surface area contributed by atoms with Crippen LogP contribution < -0.4 is 10.6 Å². The zero-order valence-corrected chi connectivity index (χ0v) is 11.3. The fraction of sp³-hybridized carbons (Fsp3) is 0.500. The summed E-state index contributed by atoms with van der Waals surface area (Å²) in [7, 11) is 0. The number of nitrogen functional groups attached to an aromatic ring is 1. The van der Waals surface area contributed by atoms with Gasteiger partial charge in [0.2, 0.25) is 0 Å². The van der Waals surface area contributed by atoms with Gasteiger partial charge in [-0.25, -0.2) is 0 Å². The van der Waals surface area contributed by atoms with E-state index in [0.717, 1.165) is 18.7 Å². The summed E-state index contributed by atoms with van der Waals surface area (Å²) in [6.45, 7) is 6.78. The molecule has 1 rings (SSSR count). The normalized spacial score (nSPS) is 11.3. The quantitative estimate of drug-likeness (QED) is 0.762. The van der Waals surface area contributed by atoms with Gasteiger partial charge in [-0.05, 0) is 32.4 Å². The van der Waals surface area contributed by atoms with Gasteiger partial charge in [-0.15, -0.1) is 0 Å². The Labute approximate surface area is 108 Å². The van der Waals surface area contributed by atoms with Gasteiger partial charge in [0.05, 0.1) is 16.8 Å². The van der Waals surface area contributed by atoms with Crippen LogP contribution in [0.4, 0.5) is 11.4 Å². The van der Waals surface area contributed by atoms with Gasteiger partial charge in [-0.3, -0.25) is 4.79 Å². The lowest BCUT2D eigenvalue weighted by Gasteiger charge is -2.32. The Hall–Kier alpha value is -1.71. The Morgan fingerprint density at radius 1 is 1.39 bits per heavy atom. The van der Waals surface area contributed by atoms with Crippen molar-refractivity contribution in [3.63, 3.8) is 0 Å². The second-order valence-electron chi connectivity index (χ2n) is 5.17. The molecular formula is C14H22N2O2. The van der Waals surface area contributed by atoms with Crippen molar-refractivity contribution < 1.29 is 9.90 Å². The van der Waals surface area contributed by atoms with Crippen molar-refractivity contribution in [1.29, 1.82) is 0 Å². The molecule has 0 aliphatic heterocycles. The molecule has 4 nitrogen and oxygen atoms in total. The summed E-state index contributed by atoms with van der Waals surface area (Å²) in [6, 6.07) is 7.57. The average molecular weight is 250 g/mol. The van der Waals surface area contributed by atoms with E-state index in [1.54, 1.807) is 13.8 Å². The third kappa shape index (κ3) is 3.39. The molecule has 0 bridgehead atoms. The van der Waals surface area contributed by atoms with Crippen LogP contribution in [0, 0.1) is 5.41 Å². The number of anilines is 2. The Morgan fingerprint density at radius 2 is 2.00 bits per heavy atom. The minimum atomic E-state index is -0.794. The van der Waals surface area contributed by atoms with Crippen LogP contribution in [0.3, 0.4) is 0 Å². The highest BCUT2D eigenvalue weighted by molar-refractivity contribution is 5.75. The second-order valence-corrected chi connectivity index (χ2v) is 5.17. The molecule has 100 valence electrons. The van der Waals surface area contributed by atoms with Crippen LogP contribution in [0.2, 0.25) is 0 Å². The van der Waals surface area contributed by atoms with Crippen LogP contribution in [0.5, 0.6) is 0 Å². The zero-order chi connectivity index (χ0) is 13.8. The molecule has 0 saturated carbocycles. The summed E-state index contributed by atoms with van der Waals surface area (Å²) in [5, 5.41) is 9.22. The number of hydrogen-bond donors (Lipinski definition) is 2. The lowest BCUT2D eigenvalue weighted by Crippen LogP contribution is -2.40. The molecule has 18 heavy (non-hydrogen) atoms. The molecule has 0 heterocycles. The van der Waals surface area contributed by atoms with Crippen molar-refractivity contribution in [3.8, 4) is 0 Å². The van der Waals surface area contributed by atoms with E-state index in [4.69, 9.17) is 5.73 Å². The molecule has 0 aliphatic rings. The monoisotopic (exact) mass is 250 g/mol. The van der Waals surface area contributed by atoms with E-state index in [1.165, 1.54) is 0 Å². The smallest absolute Gasteiger partial charge is 0.310 e. The SMILES string of the molecule is CCCN(CC(C)(C)C(=O)O)c1ccccc1N. The first kappa shape index (κ1) is 14.4. The van der Waals surface area contributed by atoms with Crippen molar-refractivity contribution in [2.45, 2.75) is 27.2 Å². The van der Waals surface area contributed by atoms with E-state index in [9.17, 15) is 9.90 Å². The van der Waals surface area contributed by atoms with Crippen LogP contribution >= 0.6 is 0 Å². The highest BCUT2D eigenvalue weighted by atomic mass is 16.4. The molecule has 0 saturated heterocycles. The first-order chi connectivity index (χ1) is 8.38. The third-order valence-corrected chi connectivity index (χ3v) is 2.94. The summed E-state index contributed by atoms with van der Waals surface area (Å²) < 4.78 is 0. The van der Waals surface area contributed by atoms with Crippen molar-refractivity contribution in [2.75, 3.05) is 23.7 Å². The van der Waals surface area contributed by atoms with Crippen molar-refractivity contribution >= 4 is 17.3 Å². The number of aliphatic carboxylic acids is 1. The lowest BCUT2D eigenvalue weighted by molar-refractivity contribution is -0.146. The van der Waals surface area contributed by atoms with Crippen molar-refractivity contribution in [1.82, 2.24) is 0 Å². The first-order valence-electron chi connectivity index (χ1n) is 6.21. The number of carbonyl (C=O) groups is 1. The lowest BCUT2D eigenvalue weighted by atomic mass is 9.92. The number of rotatable bonds is 6. The number of carboxylic acids is 1. The Morgan fingerprint density at radius 3 is 2.50 bits per heavy atom. The summed E-state index contributed by atoms with van der Waals surface area (Å²) >= 11 is 0. The van der Waals surface area contributed by atoms with Gasteiger partial charge in [0, 0.05) is 13.1 Å². The van der Waals surface area contributed by atoms with Crippen LogP contribution in [0.15, 0.2) is 24.3 Å². The molecule has 0 aliphatic carbocycles. The van der Waals surface area contributed by atoms with Crippen LogP contribution in [0.25, 0.3) is 0 Å². The van der Waals surface area contributed by atoms with Gasteiger partial charge in [0.1, 0.15) is 0 Å². The van der Waals surface area contributed by atoms with E-state index in [2.05, 4.69) is 6.92 Å². The van der Waals surface area contributed by atoms with E-state index in [1.807, 2.05) is 29.2 Å². The molecular weight excluding hydrogens is 228 g/mol. The summed E-state index contributed by atoms with van der Waals surface area (Å²) in [5.74, 6) is -0.793. The maximum atomic E-state index is 11.2. The van der Waals surface area contributed by atoms with Crippen LogP contribution in [-0.2, 0) is 4.79 Å². The molecule has 3 N–H and O–H groups in total. The van der Waals surface area contributed by atoms with Gasteiger partial charge in [0.15, 0.2) is 0 Å². The number of carboxylic acid groups (broad SMARTS) is 1. The maximum Gasteiger partial charge on any atom is 0.310 e. The van der Waals surface area contributed by atoms with E-state index in [-0.39, 0.29) is 0 Å². The Bertz CT molecular complexity index is 416. The topological polar surface area (TPSA) is 66.6 Å². The van der Waals surface area contributed by atoms with Crippen LogP contribution in [0.1, 0.15) is 27.2 Å². The van der Waals surface area contributed by atoms with E-state index < -0.39 is 11.4 Å². The highest BCUT2D eigenvalue weighted by Gasteiger charge is 2.30. The molecule has 4 heteroatoms. The molecule has 1 aromatic carbocycles. The highest BCUT2D eigenvalue weighted by Crippen LogP contribution is 2.27. The number of nitrogens with two attached hydrogens (primary N) is 1. The van der Waals surface area contributed by atoms with Gasteiger partial charge in [0.25, 0.3) is 0 Å². The zero-order valence-electron chi connectivity index (χ0n) is 11.3. The number of para-hydroxylation sites is 2. The van der Waals surface area contributed by atoms with Crippen molar-refractivity contribution in [3.05, 3.63) is 24.3 Å². The van der Waals surface area contributed by atoms with E-state index in [0.29, 0.717) is 12.2 Å². The minimum absolute atomic E-state index is 0.449. The fourth-order valence-electron chi connectivity index (χ4n) is 1.87. The largest absolute Gasteiger partial charge is 0.481 e. The fourth-order valence-corrected chi connectivity index (χ4v) is 1.87. The van der Waals surface area contributed by atoms with E-state index >= 15 is 0 Å². The number of benzene rings is 1. The van der Waals surface area contributed by atoms with Crippen molar-refractivity contribution in [2.24, 2.45) is 5.41 Å².